The highest BCUT2D eigenvalue weighted by atomic mass is 16.3. The molecule has 3 rings (SSSR count). The predicted octanol–water partition coefficient (Wildman–Crippen LogP) is 1.23. The van der Waals surface area contributed by atoms with E-state index in [9.17, 15) is 9.90 Å². The van der Waals surface area contributed by atoms with Gasteiger partial charge in [0.05, 0.1) is 17.7 Å². The zero-order valence-corrected chi connectivity index (χ0v) is 12.6. The summed E-state index contributed by atoms with van der Waals surface area (Å²) in [6.45, 7) is 2.98. The van der Waals surface area contributed by atoms with Crippen molar-refractivity contribution in [3.8, 4) is 6.07 Å². The molecule has 1 N–H and O–H groups in total. The average Bonchev–Trinajstić information content (AvgIpc) is 3.00. The quantitative estimate of drug-likeness (QED) is 0.892. The lowest BCUT2D eigenvalue weighted by molar-refractivity contribution is 0.0315. The van der Waals surface area contributed by atoms with Gasteiger partial charge in [-0.15, -0.1) is 0 Å². The number of nitriles is 1. The largest absolute Gasteiger partial charge is 0.391 e. The number of aliphatic hydroxyl groups is 1. The summed E-state index contributed by atoms with van der Waals surface area (Å²) in [6.07, 6.45) is 2.82. The molecule has 0 spiro atoms. The van der Waals surface area contributed by atoms with Gasteiger partial charge in [-0.25, -0.2) is 0 Å². The van der Waals surface area contributed by atoms with Gasteiger partial charge < -0.3 is 10.0 Å². The number of carbonyl (C=O) groups is 1. The van der Waals surface area contributed by atoms with Crippen LogP contribution in [0.1, 0.15) is 35.2 Å². The Labute approximate surface area is 130 Å². The zero-order valence-electron chi connectivity index (χ0n) is 12.6. The highest BCUT2D eigenvalue weighted by Gasteiger charge is 2.33. The van der Waals surface area contributed by atoms with E-state index in [4.69, 9.17) is 5.26 Å². The number of carbonyl (C=O) groups excluding carboxylic acids is 1. The van der Waals surface area contributed by atoms with Gasteiger partial charge in [0.15, 0.2) is 0 Å². The number of hydrogen-bond donors (Lipinski definition) is 1. The molecule has 0 aromatic heterocycles. The van der Waals surface area contributed by atoms with Crippen LogP contribution in [0.15, 0.2) is 24.3 Å². The standard InChI is InChI=1S/C17H21N3O2/c18-12-13-3-1-4-14(11-13)17(22)20-9-7-19(8-10-20)15-5-2-6-16(15)21/h1,3-4,11,15-16,21H,2,5-10H2/t15-,16-/m1/s1. The number of piperazine rings is 1. The minimum atomic E-state index is -0.213. The Bertz CT molecular complexity index is 588. The molecule has 1 aromatic rings. The molecular weight excluding hydrogens is 278 g/mol. The Morgan fingerprint density at radius 3 is 2.64 bits per heavy atom. The molecular formula is C17H21N3O2. The van der Waals surface area contributed by atoms with Crippen molar-refractivity contribution in [3.63, 3.8) is 0 Å². The Hall–Kier alpha value is -1.90. The summed E-state index contributed by atoms with van der Waals surface area (Å²) in [6, 6.07) is 9.19. The lowest BCUT2D eigenvalue weighted by Crippen LogP contribution is -2.53. The number of hydrogen-bond acceptors (Lipinski definition) is 4. The Morgan fingerprint density at radius 2 is 2.00 bits per heavy atom. The van der Waals surface area contributed by atoms with Gasteiger partial charge in [0, 0.05) is 37.8 Å². The normalized spacial score (nSPS) is 25.9. The molecule has 1 saturated carbocycles. The lowest BCUT2D eigenvalue weighted by atomic mass is 10.1. The van der Waals surface area contributed by atoms with Crippen molar-refractivity contribution in [3.05, 3.63) is 35.4 Å². The first-order valence-corrected chi connectivity index (χ1v) is 7.90. The van der Waals surface area contributed by atoms with Gasteiger partial charge in [-0.1, -0.05) is 6.07 Å². The molecule has 1 saturated heterocycles. The van der Waals surface area contributed by atoms with Crippen LogP contribution in [0.3, 0.4) is 0 Å². The molecule has 1 aliphatic heterocycles. The maximum atomic E-state index is 12.5. The van der Waals surface area contributed by atoms with Gasteiger partial charge in [-0.3, -0.25) is 9.69 Å². The molecule has 0 unspecified atom stereocenters. The molecule has 0 bridgehead atoms. The van der Waals surface area contributed by atoms with E-state index in [0.29, 0.717) is 24.2 Å². The lowest BCUT2D eigenvalue weighted by Gasteiger charge is -2.39. The molecule has 2 fully saturated rings. The van der Waals surface area contributed by atoms with Gasteiger partial charge in [-0.2, -0.15) is 5.26 Å². The fourth-order valence-electron chi connectivity index (χ4n) is 3.51. The highest BCUT2D eigenvalue weighted by molar-refractivity contribution is 5.94. The smallest absolute Gasteiger partial charge is 0.253 e. The molecule has 1 heterocycles. The SMILES string of the molecule is N#Cc1cccc(C(=O)N2CCN([C@@H]3CCC[C@H]3O)CC2)c1. The van der Waals surface area contributed by atoms with Crippen LogP contribution in [0.2, 0.25) is 0 Å². The third-order valence-electron chi connectivity index (χ3n) is 4.75. The van der Waals surface area contributed by atoms with Crippen LogP contribution in [-0.2, 0) is 0 Å². The minimum absolute atomic E-state index is 0.0104. The highest BCUT2D eigenvalue weighted by Crippen LogP contribution is 2.25. The average molecular weight is 299 g/mol. The molecule has 22 heavy (non-hydrogen) atoms. The van der Waals surface area contributed by atoms with Crippen LogP contribution in [0, 0.1) is 11.3 Å². The van der Waals surface area contributed by atoms with E-state index in [1.165, 1.54) is 0 Å². The number of rotatable bonds is 2. The van der Waals surface area contributed by atoms with Crippen LogP contribution in [0.25, 0.3) is 0 Å². The summed E-state index contributed by atoms with van der Waals surface area (Å²) in [7, 11) is 0. The molecule has 2 atom stereocenters. The first-order valence-electron chi connectivity index (χ1n) is 7.90. The molecule has 5 heteroatoms. The summed E-state index contributed by atoms with van der Waals surface area (Å²) in [5.41, 5.74) is 1.09. The van der Waals surface area contributed by atoms with E-state index in [-0.39, 0.29) is 18.1 Å². The van der Waals surface area contributed by atoms with E-state index >= 15 is 0 Å². The molecule has 0 radical (unpaired) electrons. The third kappa shape index (κ3) is 2.99. The van der Waals surface area contributed by atoms with Gasteiger partial charge in [0.1, 0.15) is 0 Å². The van der Waals surface area contributed by atoms with E-state index in [1.807, 2.05) is 4.90 Å². The molecule has 5 nitrogen and oxygen atoms in total. The monoisotopic (exact) mass is 299 g/mol. The topological polar surface area (TPSA) is 67.6 Å². The van der Waals surface area contributed by atoms with Crippen molar-refractivity contribution in [2.24, 2.45) is 0 Å². The van der Waals surface area contributed by atoms with Crippen molar-refractivity contribution >= 4 is 5.91 Å². The van der Waals surface area contributed by atoms with Crippen LogP contribution in [-0.4, -0.2) is 59.1 Å². The molecule has 1 aliphatic carbocycles. The predicted molar refractivity (Wildman–Crippen MR) is 82.3 cm³/mol. The van der Waals surface area contributed by atoms with Gasteiger partial charge in [0.2, 0.25) is 0 Å². The summed E-state index contributed by atoms with van der Waals surface area (Å²) in [5, 5.41) is 18.9. The van der Waals surface area contributed by atoms with Crippen molar-refractivity contribution in [1.82, 2.24) is 9.80 Å². The van der Waals surface area contributed by atoms with Crippen molar-refractivity contribution < 1.29 is 9.90 Å². The van der Waals surface area contributed by atoms with E-state index in [1.54, 1.807) is 24.3 Å². The minimum Gasteiger partial charge on any atom is -0.391 e. The van der Waals surface area contributed by atoms with Gasteiger partial charge in [-0.05, 0) is 37.5 Å². The summed E-state index contributed by atoms with van der Waals surface area (Å²) >= 11 is 0. The Kier molecular flexibility index (Phi) is 4.41. The van der Waals surface area contributed by atoms with Crippen LogP contribution in [0.5, 0.6) is 0 Å². The fourth-order valence-corrected chi connectivity index (χ4v) is 3.51. The Morgan fingerprint density at radius 1 is 1.23 bits per heavy atom. The number of aliphatic hydroxyl groups excluding tert-OH is 1. The van der Waals surface area contributed by atoms with E-state index in [2.05, 4.69) is 11.0 Å². The Balaban J connectivity index is 1.61. The van der Waals surface area contributed by atoms with E-state index in [0.717, 1.165) is 32.4 Å². The summed E-state index contributed by atoms with van der Waals surface area (Å²) in [5.74, 6) is -0.0104. The van der Waals surface area contributed by atoms with Gasteiger partial charge in [0.25, 0.3) is 5.91 Å². The van der Waals surface area contributed by atoms with Crippen molar-refractivity contribution in [2.75, 3.05) is 26.2 Å². The molecule has 116 valence electrons. The second kappa shape index (κ2) is 6.47. The van der Waals surface area contributed by atoms with Crippen LogP contribution < -0.4 is 0 Å². The maximum absolute atomic E-state index is 12.5. The third-order valence-corrected chi connectivity index (χ3v) is 4.75. The van der Waals surface area contributed by atoms with Crippen LogP contribution >= 0.6 is 0 Å². The molecule has 1 aromatic carbocycles. The number of benzene rings is 1. The summed E-state index contributed by atoms with van der Waals surface area (Å²) < 4.78 is 0. The second-order valence-electron chi connectivity index (χ2n) is 6.09. The second-order valence-corrected chi connectivity index (χ2v) is 6.09. The fraction of sp³-hybridized carbons (Fsp3) is 0.529. The first kappa shape index (κ1) is 15.0. The first-order chi connectivity index (χ1) is 10.7. The van der Waals surface area contributed by atoms with Crippen molar-refractivity contribution in [2.45, 2.75) is 31.4 Å². The maximum Gasteiger partial charge on any atom is 0.253 e. The van der Waals surface area contributed by atoms with Crippen molar-refractivity contribution in [1.29, 1.82) is 5.26 Å². The number of nitrogens with zero attached hydrogens (tertiary/aromatic N) is 3. The van der Waals surface area contributed by atoms with Crippen LogP contribution in [0.4, 0.5) is 0 Å². The number of amides is 1. The molecule has 2 aliphatic rings. The van der Waals surface area contributed by atoms with Gasteiger partial charge >= 0.3 is 0 Å². The summed E-state index contributed by atoms with van der Waals surface area (Å²) in [4.78, 5) is 16.7. The molecule has 1 amide bonds. The zero-order chi connectivity index (χ0) is 15.5. The van der Waals surface area contributed by atoms with E-state index < -0.39 is 0 Å².